The third-order valence-electron chi connectivity index (χ3n) is 3.06. The maximum absolute atomic E-state index is 11.5. The number of carbonyl (C=O) groups is 3. The fraction of sp³-hybridized carbons (Fsp3) is 0.167. The minimum Gasteiger partial charge on any atom is -0.326 e. The first-order chi connectivity index (χ1) is 11.3. The van der Waals surface area contributed by atoms with Crippen LogP contribution in [0.15, 0.2) is 36.4 Å². The maximum atomic E-state index is 11.5. The van der Waals surface area contributed by atoms with Crippen molar-refractivity contribution in [3.05, 3.63) is 42.5 Å². The summed E-state index contributed by atoms with van der Waals surface area (Å²) in [6, 6.07) is 13.5. The van der Waals surface area contributed by atoms with Crippen molar-refractivity contribution in [3.63, 3.8) is 0 Å². The summed E-state index contributed by atoms with van der Waals surface area (Å²) in [5.74, 6) is -0.597. The van der Waals surface area contributed by atoms with Gasteiger partial charge in [-0.3, -0.25) is 14.4 Å². The second-order valence-electron chi connectivity index (χ2n) is 5.29. The van der Waals surface area contributed by atoms with Gasteiger partial charge in [-0.25, -0.2) is 0 Å². The van der Waals surface area contributed by atoms with Crippen LogP contribution in [0.3, 0.4) is 0 Å². The summed E-state index contributed by atoms with van der Waals surface area (Å²) in [5, 5.41) is 8.13. The molecule has 0 unspecified atom stereocenters. The predicted octanol–water partition coefficient (Wildman–Crippen LogP) is 3.03. The van der Waals surface area contributed by atoms with E-state index in [9.17, 15) is 14.4 Å². The minimum absolute atomic E-state index is 0.171. The molecule has 0 fully saturated rings. The van der Waals surface area contributed by atoms with Gasteiger partial charge in [-0.05, 0) is 35.9 Å². The van der Waals surface area contributed by atoms with Crippen molar-refractivity contribution >= 4 is 34.8 Å². The Bertz CT molecular complexity index is 800. The van der Waals surface area contributed by atoms with Crippen molar-refractivity contribution < 1.29 is 14.4 Å². The van der Waals surface area contributed by atoms with Crippen LogP contribution in [0.1, 0.15) is 20.8 Å². The number of nitrogens with one attached hydrogen (secondary N) is 3. The lowest BCUT2D eigenvalue weighted by Crippen LogP contribution is -2.10. The van der Waals surface area contributed by atoms with E-state index in [-0.39, 0.29) is 17.7 Å². The molecule has 0 saturated heterocycles. The van der Waals surface area contributed by atoms with Gasteiger partial charge in [0.1, 0.15) is 0 Å². The fourth-order valence-corrected chi connectivity index (χ4v) is 2.26. The van der Waals surface area contributed by atoms with E-state index < -0.39 is 0 Å². The van der Waals surface area contributed by atoms with Crippen molar-refractivity contribution in [1.82, 2.24) is 0 Å². The molecule has 2 aromatic carbocycles. The predicted molar refractivity (Wildman–Crippen MR) is 93.6 cm³/mol. The zero-order valence-electron chi connectivity index (χ0n) is 13.7. The fourth-order valence-electron chi connectivity index (χ4n) is 2.26. The van der Waals surface area contributed by atoms with Gasteiger partial charge >= 0.3 is 0 Å². The molecular formula is C18H18N3O3. The first-order valence-corrected chi connectivity index (χ1v) is 7.34. The molecule has 0 aliphatic carbocycles. The number of benzene rings is 2. The Labute approximate surface area is 140 Å². The largest absolute Gasteiger partial charge is 0.326 e. The molecule has 0 aliphatic heterocycles. The Balaban J connectivity index is 2.46. The van der Waals surface area contributed by atoms with Gasteiger partial charge in [-0.1, -0.05) is 12.1 Å². The van der Waals surface area contributed by atoms with Crippen molar-refractivity contribution in [2.45, 2.75) is 20.8 Å². The number of carbonyl (C=O) groups excluding carboxylic acids is 3. The topological polar surface area (TPSA) is 87.3 Å². The SMILES string of the molecule is CC(=O)Nc1cc[c]c(-c2ccc(NC(C)=O)cc2NC(C)=O)c1. The quantitative estimate of drug-likeness (QED) is 0.808. The van der Waals surface area contributed by atoms with E-state index >= 15 is 0 Å². The zero-order valence-corrected chi connectivity index (χ0v) is 13.7. The van der Waals surface area contributed by atoms with Crippen LogP contribution >= 0.6 is 0 Å². The number of hydrogen-bond donors (Lipinski definition) is 3. The molecule has 0 saturated carbocycles. The highest BCUT2D eigenvalue weighted by Crippen LogP contribution is 2.32. The summed E-state index contributed by atoms with van der Waals surface area (Å²) >= 11 is 0. The zero-order chi connectivity index (χ0) is 17.7. The standard InChI is InChI=1S/C18H18N3O3/c1-11(22)19-15-6-4-5-14(9-15)17-8-7-16(20-12(2)23)10-18(17)21-13(3)24/h4,6-10H,1-3H3,(H,19,22)(H,20,23)(H,21,24). The van der Waals surface area contributed by atoms with Crippen LogP contribution in [0.2, 0.25) is 0 Å². The van der Waals surface area contributed by atoms with Crippen LogP contribution in [0.4, 0.5) is 17.1 Å². The van der Waals surface area contributed by atoms with E-state index in [1.165, 1.54) is 20.8 Å². The maximum Gasteiger partial charge on any atom is 0.221 e. The van der Waals surface area contributed by atoms with Crippen molar-refractivity contribution in [2.24, 2.45) is 0 Å². The second kappa shape index (κ2) is 7.41. The van der Waals surface area contributed by atoms with Gasteiger partial charge in [0.15, 0.2) is 0 Å². The third-order valence-corrected chi connectivity index (χ3v) is 3.06. The van der Waals surface area contributed by atoms with Crippen molar-refractivity contribution in [2.75, 3.05) is 16.0 Å². The summed E-state index contributed by atoms with van der Waals surface area (Å²) in [6.45, 7) is 4.25. The molecule has 0 spiro atoms. The van der Waals surface area contributed by atoms with Gasteiger partial charge in [0.25, 0.3) is 0 Å². The molecule has 24 heavy (non-hydrogen) atoms. The molecule has 2 aromatic rings. The molecule has 3 amide bonds. The average molecular weight is 324 g/mol. The molecule has 0 bridgehead atoms. The van der Waals surface area contributed by atoms with Crippen LogP contribution < -0.4 is 16.0 Å². The van der Waals surface area contributed by atoms with Gasteiger partial charge in [-0.2, -0.15) is 0 Å². The Kier molecular flexibility index (Phi) is 5.31. The lowest BCUT2D eigenvalue weighted by Gasteiger charge is -2.13. The number of hydrogen-bond acceptors (Lipinski definition) is 3. The van der Waals surface area contributed by atoms with E-state index in [2.05, 4.69) is 22.0 Å². The molecule has 6 heteroatoms. The van der Waals surface area contributed by atoms with Gasteiger partial charge in [0.05, 0.1) is 5.69 Å². The van der Waals surface area contributed by atoms with Crippen LogP contribution in [-0.4, -0.2) is 17.7 Å². The first kappa shape index (κ1) is 17.2. The van der Waals surface area contributed by atoms with Crippen LogP contribution in [-0.2, 0) is 14.4 Å². The monoisotopic (exact) mass is 324 g/mol. The van der Waals surface area contributed by atoms with Gasteiger partial charge in [0.2, 0.25) is 17.7 Å². The van der Waals surface area contributed by atoms with Gasteiger partial charge < -0.3 is 16.0 Å². The lowest BCUT2D eigenvalue weighted by molar-refractivity contribution is -0.115. The molecular weight excluding hydrogens is 306 g/mol. The summed E-state index contributed by atoms with van der Waals surface area (Å²) in [4.78, 5) is 33.9. The normalized spacial score (nSPS) is 9.96. The van der Waals surface area contributed by atoms with E-state index in [1.807, 2.05) is 0 Å². The van der Waals surface area contributed by atoms with Gasteiger partial charge in [-0.15, -0.1) is 0 Å². The van der Waals surface area contributed by atoms with E-state index in [0.29, 0.717) is 22.6 Å². The van der Waals surface area contributed by atoms with Gasteiger partial charge in [0, 0.05) is 37.7 Å². The summed E-state index contributed by atoms with van der Waals surface area (Å²) in [5.41, 5.74) is 3.19. The highest BCUT2D eigenvalue weighted by Gasteiger charge is 2.10. The first-order valence-electron chi connectivity index (χ1n) is 7.34. The van der Waals surface area contributed by atoms with Crippen LogP contribution in [0, 0.1) is 6.07 Å². The molecule has 2 rings (SSSR count). The van der Waals surface area contributed by atoms with Crippen LogP contribution in [0.25, 0.3) is 11.1 Å². The molecule has 0 heterocycles. The van der Waals surface area contributed by atoms with Crippen molar-refractivity contribution in [3.8, 4) is 11.1 Å². The molecule has 6 nitrogen and oxygen atoms in total. The summed E-state index contributed by atoms with van der Waals surface area (Å²) < 4.78 is 0. The Morgan fingerprint density at radius 1 is 0.792 bits per heavy atom. The highest BCUT2D eigenvalue weighted by molar-refractivity contribution is 5.97. The highest BCUT2D eigenvalue weighted by atomic mass is 16.2. The summed E-state index contributed by atoms with van der Waals surface area (Å²) in [7, 11) is 0. The number of amides is 3. The van der Waals surface area contributed by atoms with E-state index in [0.717, 1.165) is 5.56 Å². The Morgan fingerprint density at radius 3 is 1.96 bits per heavy atom. The average Bonchev–Trinajstić information content (AvgIpc) is 2.45. The smallest absolute Gasteiger partial charge is 0.221 e. The molecule has 0 aliphatic rings. The molecule has 1 radical (unpaired) electrons. The van der Waals surface area contributed by atoms with Crippen molar-refractivity contribution in [1.29, 1.82) is 0 Å². The minimum atomic E-state index is -0.228. The molecule has 123 valence electrons. The van der Waals surface area contributed by atoms with E-state index in [1.54, 1.807) is 36.4 Å². The Hall–Kier alpha value is -3.15. The summed E-state index contributed by atoms with van der Waals surface area (Å²) in [6.07, 6.45) is 0. The number of anilines is 3. The lowest BCUT2D eigenvalue weighted by atomic mass is 10.0. The third kappa shape index (κ3) is 4.67. The second-order valence-corrected chi connectivity index (χ2v) is 5.29. The molecule has 0 atom stereocenters. The Morgan fingerprint density at radius 2 is 1.38 bits per heavy atom. The van der Waals surface area contributed by atoms with Crippen LogP contribution in [0.5, 0.6) is 0 Å². The van der Waals surface area contributed by atoms with E-state index in [4.69, 9.17) is 0 Å². The molecule has 3 N–H and O–H groups in total. The number of rotatable bonds is 4. The molecule has 0 aromatic heterocycles.